The highest BCUT2D eigenvalue weighted by molar-refractivity contribution is 7.13. The fraction of sp³-hybridized carbons (Fsp3) is 0.533. The summed E-state index contributed by atoms with van der Waals surface area (Å²) in [5, 5.41) is 15.3. The zero-order chi connectivity index (χ0) is 14.2. The molecule has 1 N–H and O–H groups in total. The summed E-state index contributed by atoms with van der Waals surface area (Å²) >= 11 is 1.68. The number of nitrogens with zero attached hydrogens (tertiary/aromatic N) is 4. The molecule has 0 radical (unpaired) electrons. The summed E-state index contributed by atoms with van der Waals surface area (Å²) < 4.78 is 0. The van der Waals surface area contributed by atoms with Crippen LogP contribution in [-0.4, -0.2) is 34.8 Å². The van der Waals surface area contributed by atoms with E-state index in [1.165, 1.54) is 24.1 Å². The van der Waals surface area contributed by atoms with Crippen LogP contribution in [0.1, 0.15) is 23.4 Å². The molecule has 6 heteroatoms. The SMILES string of the molecule is Cc1csc(NCC2CN(c3cc4c(nn3)CCC4)C2)n1. The van der Waals surface area contributed by atoms with Crippen LogP contribution in [0, 0.1) is 12.8 Å². The highest BCUT2D eigenvalue weighted by Gasteiger charge is 2.28. The van der Waals surface area contributed by atoms with Crippen LogP contribution in [0.3, 0.4) is 0 Å². The van der Waals surface area contributed by atoms with Crippen LogP contribution >= 0.6 is 11.3 Å². The molecule has 1 saturated heterocycles. The molecule has 2 aliphatic rings. The number of aryl methyl sites for hydroxylation is 3. The first kappa shape index (κ1) is 13.0. The van der Waals surface area contributed by atoms with Gasteiger partial charge in [-0.05, 0) is 37.8 Å². The molecular weight excluding hydrogens is 282 g/mol. The number of thiazole rings is 1. The Kier molecular flexibility index (Phi) is 3.25. The van der Waals surface area contributed by atoms with Gasteiger partial charge in [0.2, 0.25) is 0 Å². The van der Waals surface area contributed by atoms with Crippen molar-refractivity contribution in [1.82, 2.24) is 15.2 Å². The summed E-state index contributed by atoms with van der Waals surface area (Å²) in [5.41, 5.74) is 3.70. The molecule has 0 bridgehead atoms. The fourth-order valence-corrected chi connectivity index (χ4v) is 3.72. The molecule has 0 amide bonds. The van der Waals surface area contributed by atoms with Gasteiger partial charge >= 0.3 is 0 Å². The summed E-state index contributed by atoms with van der Waals surface area (Å²) in [6, 6.07) is 2.24. The van der Waals surface area contributed by atoms with Crippen LogP contribution in [0.5, 0.6) is 0 Å². The van der Waals surface area contributed by atoms with Crippen molar-refractivity contribution in [2.24, 2.45) is 5.92 Å². The largest absolute Gasteiger partial charge is 0.361 e. The van der Waals surface area contributed by atoms with E-state index in [4.69, 9.17) is 0 Å². The molecule has 3 heterocycles. The lowest BCUT2D eigenvalue weighted by Crippen LogP contribution is -2.50. The topological polar surface area (TPSA) is 53.9 Å². The number of nitrogens with one attached hydrogen (secondary N) is 1. The Labute approximate surface area is 128 Å². The lowest BCUT2D eigenvalue weighted by atomic mass is 10.00. The van der Waals surface area contributed by atoms with Crippen molar-refractivity contribution in [3.63, 3.8) is 0 Å². The van der Waals surface area contributed by atoms with Crippen molar-refractivity contribution >= 4 is 22.3 Å². The van der Waals surface area contributed by atoms with Gasteiger partial charge in [-0.3, -0.25) is 0 Å². The predicted molar refractivity (Wildman–Crippen MR) is 85.1 cm³/mol. The first-order valence-corrected chi connectivity index (χ1v) is 8.42. The molecule has 0 aromatic carbocycles. The molecule has 1 aliphatic carbocycles. The van der Waals surface area contributed by atoms with Crippen LogP contribution in [0.15, 0.2) is 11.4 Å². The molecule has 0 atom stereocenters. The van der Waals surface area contributed by atoms with E-state index in [0.717, 1.165) is 42.7 Å². The van der Waals surface area contributed by atoms with Crippen molar-refractivity contribution in [2.75, 3.05) is 29.9 Å². The second-order valence-corrected chi connectivity index (χ2v) is 6.83. The number of aromatic nitrogens is 3. The summed E-state index contributed by atoms with van der Waals surface area (Å²) in [5.74, 6) is 1.72. The van der Waals surface area contributed by atoms with Gasteiger partial charge in [0, 0.05) is 30.9 Å². The number of hydrogen-bond donors (Lipinski definition) is 1. The lowest BCUT2D eigenvalue weighted by Gasteiger charge is -2.40. The molecule has 2 aromatic rings. The minimum atomic E-state index is 0.671. The summed E-state index contributed by atoms with van der Waals surface area (Å²) in [6.07, 6.45) is 3.50. The summed E-state index contributed by atoms with van der Waals surface area (Å²) in [4.78, 5) is 6.75. The highest BCUT2D eigenvalue weighted by atomic mass is 32.1. The van der Waals surface area contributed by atoms with Crippen molar-refractivity contribution in [2.45, 2.75) is 26.2 Å². The Balaban J connectivity index is 1.31. The zero-order valence-corrected chi connectivity index (χ0v) is 13.0. The Morgan fingerprint density at radius 2 is 2.24 bits per heavy atom. The quantitative estimate of drug-likeness (QED) is 0.939. The molecule has 4 rings (SSSR count). The first-order chi connectivity index (χ1) is 10.3. The Morgan fingerprint density at radius 1 is 1.33 bits per heavy atom. The molecule has 5 nitrogen and oxygen atoms in total. The smallest absolute Gasteiger partial charge is 0.182 e. The van der Waals surface area contributed by atoms with E-state index < -0.39 is 0 Å². The lowest BCUT2D eigenvalue weighted by molar-refractivity contribution is 0.425. The van der Waals surface area contributed by atoms with Gasteiger partial charge < -0.3 is 10.2 Å². The van der Waals surface area contributed by atoms with E-state index in [9.17, 15) is 0 Å². The van der Waals surface area contributed by atoms with Gasteiger partial charge in [0.1, 0.15) is 0 Å². The van der Waals surface area contributed by atoms with E-state index in [-0.39, 0.29) is 0 Å². The Bertz CT molecular complexity index is 647. The third-order valence-electron chi connectivity index (χ3n) is 4.25. The molecule has 1 aliphatic heterocycles. The molecule has 21 heavy (non-hydrogen) atoms. The number of fused-ring (bicyclic) bond motifs is 1. The molecular formula is C15H19N5S. The van der Waals surface area contributed by atoms with Crippen molar-refractivity contribution in [3.8, 4) is 0 Å². The van der Waals surface area contributed by atoms with Gasteiger partial charge in [-0.15, -0.1) is 16.4 Å². The molecule has 0 saturated carbocycles. The molecule has 110 valence electrons. The van der Waals surface area contributed by atoms with Gasteiger partial charge in [-0.2, -0.15) is 5.10 Å². The normalized spacial score (nSPS) is 17.7. The minimum Gasteiger partial charge on any atom is -0.361 e. The maximum Gasteiger partial charge on any atom is 0.182 e. The average Bonchev–Trinajstić information content (AvgIpc) is 3.05. The van der Waals surface area contributed by atoms with Gasteiger partial charge in [0.25, 0.3) is 0 Å². The fourth-order valence-electron chi connectivity index (χ4n) is 3.02. The number of anilines is 2. The highest BCUT2D eigenvalue weighted by Crippen LogP contribution is 2.27. The maximum atomic E-state index is 4.43. The monoisotopic (exact) mass is 301 g/mol. The molecule has 1 fully saturated rings. The standard InChI is InChI=1S/C15H19N5S/c1-10-9-21-15(17-10)16-6-11-7-20(8-11)14-5-12-3-2-4-13(12)18-19-14/h5,9,11H,2-4,6-8H2,1H3,(H,16,17). The minimum absolute atomic E-state index is 0.671. The van der Waals surface area contributed by atoms with Crippen LogP contribution in [0.25, 0.3) is 0 Å². The average molecular weight is 301 g/mol. The van der Waals surface area contributed by atoms with Crippen molar-refractivity contribution in [1.29, 1.82) is 0 Å². The van der Waals surface area contributed by atoms with Gasteiger partial charge in [-0.1, -0.05) is 0 Å². The molecule has 2 aromatic heterocycles. The predicted octanol–water partition coefficient (Wildman–Crippen LogP) is 2.28. The second-order valence-electron chi connectivity index (χ2n) is 5.97. The van der Waals surface area contributed by atoms with Crippen LogP contribution < -0.4 is 10.2 Å². The van der Waals surface area contributed by atoms with Gasteiger partial charge in [0.15, 0.2) is 10.9 Å². The Morgan fingerprint density at radius 3 is 3.05 bits per heavy atom. The molecule has 0 unspecified atom stereocenters. The first-order valence-electron chi connectivity index (χ1n) is 7.54. The van der Waals surface area contributed by atoms with Gasteiger partial charge in [0.05, 0.1) is 11.4 Å². The van der Waals surface area contributed by atoms with Crippen LogP contribution in [-0.2, 0) is 12.8 Å². The second kappa shape index (κ2) is 5.26. The summed E-state index contributed by atoms with van der Waals surface area (Å²) in [6.45, 7) is 5.14. The Hall–Kier alpha value is -1.69. The van der Waals surface area contributed by atoms with Crippen LogP contribution in [0.4, 0.5) is 10.9 Å². The van der Waals surface area contributed by atoms with E-state index >= 15 is 0 Å². The number of hydrogen-bond acceptors (Lipinski definition) is 6. The van der Waals surface area contributed by atoms with Gasteiger partial charge in [-0.25, -0.2) is 4.98 Å². The van der Waals surface area contributed by atoms with Crippen molar-refractivity contribution < 1.29 is 0 Å². The van der Waals surface area contributed by atoms with E-state index in [1.54, 1.807) is 11.3 Å². The third kappa shape index (κ3) is 2.60. The van der Waals surface area contributed by atoms with Crippen molar-refractivity contribution in [3.05, 3.63) is 28.4 Å². The van der Waals surface area contributed by atoms with E-state index in [1.807, 2.05) is 6.92 Å². The number of rotatable bonds is 4. The summed E-state index contributed by atoms with van der Waals surface area (Å²) in [7, 11) is 0. The molecule has 0 spiro atoms. The van der Waals surface area contributed by atoms with E-state index in [2.05, 4.69) is 36.8 Å². The maximum absolute atomic E-state index is 4.43. The zero-order valence-electron chi connectivity index (χ0n) is 12.2. The van der Waals surface area contributed by atoms with Crippen LogP contribution in [0.2, 0.25) is 0 Å². The van der Waals surface area contributed by atoms with E-state index in [0.29, 0.717) is 5.92 Å². The third-order valence-corrected chi connectivity index (χ3v) is 5.17.